The van der Waals surface area contributed by atoms with Crippen LogP contribution in [0.5, 0.6) is 0 Å². The van der Waals surface area contributed by atoms with E-state index in [2.05, 4.69) is 0 Å². The average molecular weight is 405 g/mol. The molecule has 0 heterocycles. The third-order valence-electron chi connectivity index (χ3n) is 2.17. The summed E-state index contributed by atoms with van der Waals surface area (Å²) in [5, 5.41) is 34.5. The first-order valence-electron chi connectivity index (χ1n) is 5.52. The Hall–Kier alpha value is -1.28. The van der Waals surface area contributed by atoms with Crippen molar-refractivity contribution in [3.8, 4) is 0 Å². The topological polar surface area (TPSA) is 156 Å². The number of rotatable bonds is 11. The number of carboxylic acids is 4. The monoisotopic (exact) mass is 406 g/mol. The Kier molecular flexibility index (Phi) is 11.9. The van der Waals surface area contributed by atoms with Crippen molar-refractivity contribution in [2.24, 2.45) is 0 Å². The van der Waals surface area contributed by atoms with Gasteiger partial charge >= 0.3 is 51.2 Å². The normalized spacial score (nSPS) is 10.2. The zero-order chi connectivity index (χ0) is 15.7. The maximum Gasteiger partial charge on any atom is 2.00 e. The molecule has 0 aromatic rings. The smallest absolute Gasteiger partial charge is 0.480 e. The Bertz CT molecular complexity index is 321. The maximum atomic E-state index is 10.6. The molecular formula is C10H16CdN2O8+2. The van der Waals surface area contributed by atoms with Gasteiger partial charge in [-0.2, -0.15) is 0 Å². The van der Waals surface area contributed by atoms with Crippen LogP contribution >= 0.6 is 0 Å². The number of hydrogen-bond acceptors (Lipinski definition) is 6. The standard InChI is InChI=1S/C10H16N2O8.Cd/c13-7(14)3-11(4-8(15)16)1-2-12(5-9(17)18)6-10(19)20;/h1-6H2,(H,13,14)(H,15,16)(H,17,18)(H,19,20);/q;+2. The first kappa shape index (κ1) is 22.0. The minimum atomic E-state index is -1.23. The van der Waals surface area contributed by atoms with Crippen molar-refractivity contribution in [1.82, 2.24) is 9.80 Å². The van der Waals surface area contributed by atoms with Gasteiger partial charge < -0.3 is 20.4 Å². The summed E-state index contributed by atoms with van der Waals surface area (Å²) < 4.78 is 0. The van der Waals surface area contributed by atoms with Gasteiger partial charge in [0.05, 0.1) is 26.2 Å². The third-order valence-corrected chi connectivity index (χ3v) is 2.17. The molecule has 0 radical (unpaired) electrons. The molecule has 0 aliphatic carbocycles. The zero-order valence-corrected chi connectivity index (χ0v) is 15.3. The molecule has 11 heteroatoms. The van der Waals surface area contributed by atoms with E-state index in [4.69, 9.17) is 20.4 Å². The van der Waals surface area contributed by atoms with Gasteiger partial charge in [0.25, 0.3) is 0 Å². The number of carbonyl (C=O) groups is 4. The summed E-state index contributed by atoms with van der Waals surface area (Å²) in [5.74, 6) is -4.91. The molecule has 21 heavy (non-hydrogen) atoms. The van der Waals surface area contributed by atoms with Crippen molar-refractivity contribution < 1.29 is 66.9 Å². The Balaban J connectivity index is 0. The fourth-order valence-electron chi connectivity index (χ4n) is 1.48. The summed E-state index contributed by atoms with van der Waals surface area (Å²) in [6.07, 6.45) is 0. The van der Waals surface area contributed by atoms with Crippen LogP contribution in [0, 0.1) is 0 Å². The second-order valence-corrected chi connectivity index (χ2v) is 4.00. The van der Waals surface area contributed by atoms with Gasteiger partial charge in [-0.15, -0.1) is 0 Å². The molecule has 0 bridgehead atoms. The third kappa shape index (κ3) is 13.5. The van der Waals surface area contributed by atoms with E-state index in [1.165, 1.54) is 0 Å². The molecule has 0 amide bonds. The van der Waals surface area contributed by atoms with Gasteiger partial charge in [-0.1, -0.05) is 0 Å². The van der Waals surface area contributed by atoms with Crippen molar-refractivity contribution >= 4 is 23.9 Å². The Morgan fingerprint density at radius 2 is 0.762 bits per heavy atom. The van der Waals surface area contributed by atoms with E-state index < -0.39 is 50.1 Å². The summed E-state index contributed by atoms with van der Waals surface area (Å²) in [6, 6.07) is 0. The summed E-state index contributed by atoms with van der Waals surface area (Å²) in [4.78, 5) is 44.4. The zero-order valence-electron chi connectivity index (χ0n) is 11.3. The number of hydrogen-bond donors (Lipinski definition) is 4. The van der Waals surface area contributed by atoms with E-state index in [0.717, 1.165) is 9.80 Å². The van der Waals surface area contributed by atoms with Crippen molar-refractivity contribution in [1.29, 1.82) is 0 Å². The number of aliphatic carboxylic acids is 4. The summed E-state index contributed by atoms with van der Waals surface area (Å²) in [5.41, 5.74) is 0. The quantitative estimate of drug-likeness (QED) is 0.282. The molecule has 0 aliphatic rings. The van der Waals surface area contributed by atoms with Crippen molar-refractivity contribution in [2.75, 3.05) is 39.3 Å². The molecule has 4 N–H and O–H groups in total. The fourth-order valence-corrected chi connectivity index (χ4v) is 1.48. The molecule has 0 rings (SSSR count). The average Bonchev–Trinajstić information content (AvgIpc) is 2.22. The van der Waals surface area contributed by atoms with Crippen LogP contribution in [0.3, 0.4) is 0 Å². The van der Waals surface area contributed by atoms with E-state index >= 15 is 0 Å². The van der Waals surface area contributed by atoms with Gasteiger partial charge in [0.1, 0.15) is 0 Å². The second kappa shape index (κ2) is 11.4. The van der Waals surface area contributed by atoms with Crippen LogP contribution in [0.2, 0.25) is 0 Å². The second-order valence-electron chi connectivity index (χ2n) is 4.00. The van der Waals surface area contributed by atoms with Crippen LogP contribution in [0.15, 0.2) is 0 Å². The fraction of sp³-hybridized carbons (Fsp3) is 0.600. The molecule has 0 spiro atoms. The van der Waals surface area contributed by atoms with Gasteiger partial charge in [0.15, 0.2) is 0 Å². The first-order valence-corrected chi connectivity index (χ1v) is 5.52. The van der Waals surface area contributed by atoms with Crippen molar-refractivity contribution in [2.45, 2.75) is 0 Å². The molecule has 0 aromatic carbocycles. The molecule has 0 fully saturated rings. The van der Waals surface area contributed by atoms with Crippen LogP contribution in [0.4, 0.5) is 0 Å². The Morgan fingerprint density at radius 3 is 0.905 bits per heavy atom. The first-order chi connectivity index (χ1) is 9.20. The maximum absolute atomic E-state index is 10.6. The van der Waals surface area contributed by atoms with Gasteiger partial charge in [0, 0.05) is 13.1 Å². The van der Waals surface area contributed by atoms with Crippen LogP contribution in [-0.4, -0.2) is 93.4 Å². The van der Waals surface area contributed by atoms with Gasteiger partial charge in [-0.25, -0.2) is 0 Å². The minimum Gasteiger partial charge on any atom is -0.480 e. The number of carboxylic acid groups (broad SMARTS) is 4. The van der Waals surface area contributed by atoms with Crippen molar-refractivity contribution in [3.05, 3.63) is 0 Å². The molecule has 0 atom stereocenters. The predicted octanol–water partition coefficient (Wildman–Crippen LogP) is -2.07. The molecule has 0 aromatic heterocycles. The molecular weight excluding hydrogens is 389 g/mol. The van der Waals surface area contributed by atoms with E-state index in [-0.39, 0.29) is 40.4 Å². The van der Waals surface area contributed by atoms with E-state index in [9.17, 15) is 19.2 Å². The summed E-state index contributed by atoms with van der Waals surface area (Å²) >= 11 is 0. The molecule has 10 nitrogen and oxygen atoms in total. The van der Waals surface area contributed by atoms with Crippen LogP contribution in [-0.2, 0) is 46.5 Å². The molecule has 0 saturated heterocycles. The Labute approximate surface area is 140 Å². The van der Waals surface area contributed by atoms with E-state index in [1.807, 2.05) is 0 Å². The molecule has 0 aliphatic heterocycles. The van der Waals surface area contributed by atoms with Crippen LogP contribution < -0.4 is 0 Å². The Morgan fingerprint density at radius 1 is 0.571 bits per heavy atom. The van der Waals surface area contributed by atoms with E-state index in [0.29, 0.717) is 0 Å². The van der Waals surface area contributed by atoms with Gasteiger partial charge in [0.2, 0.25) is 0 Å². The van der Waals surface area contributed by atoms with Crippen molar-refractivity contribution in [3.63, 3.8) is 0 Å². The summed E-state index contributed by atoms with van der Waals surface area (Å²) in [7, 11) is 0. The SMILES string of the molecule is O=C(O)CN(CCN(CC(=O)O)CC(=O)O)CC(=O)O.[Cd+2]. The predicted molar refractivity (Wildman–Crippen MR) is 63.4 cm³/mol. The van der Waals surface area contributed by atoms with Gasteiger partial charge in [-0.05, 0) is 0 Å². The van der Waals surface area contributed by atoms with Gasteiger partial charge in [-0.3, -0.25) is 29.0 Å². The largest absolute Gasteiger partial charge is 2.00 e. The minimum absolute atomic E-state index is 0. The van der Waals surface area contributed by atoms with E-state index in [1.54, 1.807) is 0 Å². The summed E-state index contributed by atoms with van der Waals surface area (Å²) in [6.45, 7) is -2.25. The van der Waals surface area contributed by atoms with Crippen LogP contribution in [0.1, 0.15) is 0 Å². The molecule has 114 valence electrons. The molecule has 0 saturated carbocycles. The molecule has 0 unspecified atom stereocenters. The number of nitrogens with zero attached hydrogens (tertiary/aromatic N) is 2. The van der Waals surface area contributed by atoms with Crippen LogP contribution in [0.25, 0.3) is 0 Å².